The second-order valence-corrected chi connectivity index (χ2v) is 2.66. The van der Waals surface area contributed by atoms with Crippen molar-refractivity contribution in [2.45, 2.75) is 6.92 Å². The van der Waals surface area contributed by atoms with E-state index in [1.54, 1.807) is 13.2 Å². The van der Waals surface area contributed by atoms with Crippen molar-refractivity contribution in [2.24, 2.45) is 0 Å². The molecule has 0 spiro atoms. The molecule has 0 unspecified atom stereocenters. The maximum Gasteiger partial charge on any atom is 0.252 e. The van der Waals surface area contributed by atoms with Gasteiger partial charge in [-0.3, -0.25) is 4.79 Å². The molecule has 0 radical (unpaired) electrons. The minimum Gasteiger partial charge on any atom is -0.504 e. The van der Waals surface area contributed by atoms with E-state index in [-0.39, 0.29) is 5.91 Å². The fourth-order valence-corrected chi connectivity index (χ4v) is 1.18. The third-order valence-electron chi connectivity index (χ3n) is 1.77. The van der Waals surface area contributed by atoms with E-state index in [1.165, 1.54) is 6.26 Å². The molecule has 3 nitrogen and oxygen atoms in total. The highest BCUT2D eigenvalue weighted by molar-refractivity contribution is 6.00. The van der Waals surface area contributed by atoms with Gasteiger partial charge in [-0.2, -0.15) is 0 Å². The Kier molecular flexibility index (Phi) is 3.31. The Labute approximate surface area is 77.8 Å². The van der Waals surface area contributed by atoms with Crippen LogP contribution in [-0.4, -0.2) is 19.6 Å². The van der Waals surface area contributed by atoms with Crippen LogP contribution in [0.3, 0.4) is 0 Å². The van der Waals surface area contributed by atoms with Crippen molar-refractivity contribution in [3.63, 3.8) is 0 Å². The van der Waals surface area contributed by atoms with Gasteiger partial charge in [-0.15, -0.1) is 0 Å². The van der Waals surface area contributed by atoms with Crippen LogP contribution in [0, 0.1) is 0 Å². The number of ether oxygens (including phenoxy) is 1. The molecule has 0 saturated carbocycles. The summed E-state index contributed by atoms with van der Waals surface area (Å²) in [5.41, 5.74) is 1.68. The second-order valence-electron chi connectivity index (χ2n) is 2.66. The van der Waals surface area contributed by atoms with Crippen molar-refractivity contribution in [2.75, 3.05) is 13.7 Å². The summed E-state index contributed by atoms with van der Waals surface area (Å²) in [5.74, 6) is -0.0404. The average molecular weight is 179 g/mol. The van der Waals surface area contributed by atoms with Gasteiger partial charge in [-0.25, -0.2) is 0 Å². The molecule has 70 valence electrons. The maximum atomic E-state index is 11.3. The minimum atomic E-state index is -0.0404. The molecule has 13 heavy (non-hydrogen) atoms. The van der Waals surface area contributed by atoms with Crippen molar-refractivity contribution in [1.82, 2.24) is 5.32 Å². The molecule has 1 heterocycles. The molecule has 1 amide bonds. The molecule has 1 aliphatic heterocycles. The third-order valence-corrected chi connectivity index (χ3v) is 1.77. The molecule has 0 aromatic carbocycles. The molecule has 0 aromatic rings. The molecule has 1 rings (SSSR count). The van der Waals surface area contributed by atoms with Gasteiger partial charge >= 0.3 is 0 Å². The molecular formula is C10H13NO2. The van der Waals surface area contributed by atoms with Gasteiger partial charge in [0, 0.05) is 12.1 Å². The van der Waals surface area contributed by atoms with Crippen LogP contribution in [0.4, 0.5) is 0 Å². The summed E-state index contributed by atoms with van der Waals surface area (Å²) < 4.78 is 4.76. The molecule has 0 atom stereocenters. The van der Waals surface area contributed by atoms with Gasteiger partial charge in [0.1, 0.15) is 0 Å². The normalized spacial score (nSPS) is 17.5. The van der Waals surface area contributed by atoms with Crippen molar-refractivity contribution in [1.29, 1.82) is 0 Å². The fraction of sp³-hybridized carbons (Fsp3) is 0.300. The highest BCUT2D eigenvalue weighted by Crippen LogP contribution is 2.13. The number of hydrogen-bond acceptors (Lipinski definition) is 2. The number of rotatable bonds is 3. The minimum absolute atomic E-state index is 0.0404. The summed E-state index contributed by atoms with van der Waals surface area (Å²) in [7, 11) is 1.55. The number of hydrogen-bond donors (Lipinski definition) is 1. The topological polar surface area (TPSA) is 38.3 Å². The predicted molar refractivity (Wildman–Crippen MR) is 51.0 cm³/mol. The first kappa shape index (κ1) is 9.58. The first-order chi connectivity index (χ1) is 6.29. The number of carbonyl (C=O) groups excluding carboxylic acids is 1. The van der Waals surface area contributed by atoms with Crippen LogP contribution >= 0.6 is 0 Å². The maximum absolute atomic E-state index is 11.3. The van der Waals surface area contributed by atoms with E-state index in [9.17, 15) is 4.79 Å². The Balaban J connectivity index is 2.89. The quantitative estimate of drug-likeness (QED) is 0.660. The first-order valence-electron chi connectivity index (χ1n) is 4.13. The molecular weight excluding hydrogens is 166 g/mol. The molecule has 0 bridgehead atoms. The van der Waals surface area contributed by atoms with Gasteiger partial charge in [0.2, 0.25) is 0 Å². The van der Waals surface area contributed by atoms with Gasteiger partial charge in [0.15, 0.2) is 0 Å². The zero-order valence-electron chi connectivity index (χ0n) is 7.83. The molecule has 3 heteroatoms. The Morgan fingerprint density at radius 3 is 2.85 bits per heavy atom. The summed E-state index contributed by atoms with van der Waals surface area (Å²) in [6.07, 6.45) is 7.02. The standard InChI is InChI=1S/C10H13NO2/c1-3-4-8-7-11-10(12)9(8)5-6-13-2/h3-6H,7H2,1-2H3,(H,11,12)/b4-3-,6-5+. The van der Waals surface area contributed by atoms with E-state index in [4.69, 9.17) is 4.74 Å². The zero-order chi connectivity index (χ0) is 9.68. The molecule has 0 fully saturated rings. The number of methoxy groups -OCH3 is 1. The van der Waals surface area contributed by atoms with E-state index in [0.29, 0.717) is 12.1 Å². The molecule has 1 N–H and O–H groups in total. The highest BCUT2D eigenvalue weighted by Gasteiger charge is 2.17. The SMILES string of the molecule is C/C=C\C1=C(/C=C/OC)C(=O)NC1. The van der Waals surface area contributed by atoms with Crippen LogP contribution in [0.5, 0.6) is 0 Å². The number of carbonyl (C=O) groups is 1. The van der Waals surface area contributed by atoms with Crippen LogP contribution in [0.2, 0.25) is 0 Å². The van der Waals surface area contributed by atoms with E-state index < -0.39 is 0 Å². The largest absolute Gasteiger partial charge is 0.504 e. The van der Waals surface area contributed by atoms with Crippen LogP contribution in [0.25, 0.3) is 0 Å². The highest BCUT2D eigenvalue weighted by atomic mass is 16.5. The lowest BCUT2D eigenvalue weighted by Gasteiger charge is -1.92. The van der Waals surface area contributed by atoms with E-state index in [1.807, 2.05) is 19.1 Å². The van der Waals surface area contributed by atoms with Crippen molar-refractivity contribution < 1.29 is 9.53 Å². The molecule has 0 saturated heterocycles. The summed E-state index contributed by atoms with van der Waals surface area (Å²) in [4.78, 5) is 11.3. The van der Waals surface area contributed by atoms with E-state index in [0.717, 1.165) is 5.57 Å². The Bertz CT molecular complexity index is 287. The van der Waals surface area contributed by atoms with E-state index in [2.05, 4.69) is 5.32 Å². The van der Waals surface area contributed by atoms with Crippen LogP contribution in [-0.2, 0) is 9.53 Å². The zero-order valence-corrected chi connectivity index (χ0v) is 7.83. The van der Waals surface area contributed by atoms with Gasteiger partial charge < -0.3 is 10.1 Å². The van der Waals surface area contributed by atoms with Gasteiger partial charge in [-0.05, 0) is 18.6 Å². The molecule has 1 aliphatic rings. The van der Waals surface area contributed by atoms with Crippen LogP contribution in [0.15, 0.2) is 35.6 Å². The lowest BCUT2D eigenvalue weighted by atomic mass is 10.1. The average Bonchev–Trinajstić information content (AvgIpc) is 2.45. The Hall–Kier alpha value is -1.51. The molecule has 0 aromatic heterocycles. The summed E-state index contributed by atoms with van der Waals surface area (Å²) in [5, 5.41) is 2.74. The van der Waals surface area contributed by atoms with Crippen molar-refractivity contribution in [3.05, 3.63) is 35.6 Å². The van der Waals surface area contributed by atoms with Gasteiger partial charge in [0.25, 0.3) is 5.91 Å². The summed E-state index contributed by atoms with van der Waals surface area (Å²) in [6.45, 7) is 2.53. The number of allylic oxidation sites excluding steroid dienone is 1. The van der Waals surface area contributed by atoms with Crippen molar-refractivity contribution >= 4 is 5.91 Å². The predicted octanol–water partition coefficient (Wildman–Crippen LogP) is 1.15. The second kappa shape index (κ2) is 4.50. The van der Waals surface area contributed by atoms with Crippen molar-refractivity contribution in [3.8, 4) is 0 Å². The third kappa shape index (κ3) is 2.21. The molecule has 0 aliphatic carbocycles. The van der Waals surface area contributed by atoms with Crippen LogP contribution < -0.4 is 5.32 Å². The Morgan fingerprint density at radius 2 is 2.23 bits per heavy atom. The number of nitrogens with one attached hydrogen (secondary N) is 1. The number of amides is 1. The smallest absolute Gasteiger partial charge is 0.252 e. The Morgan fingerprint density at radius 1 is 1.46 bits per heavy atom. The van der Waals surface area contributed by atoms with Gasteiger partial charge in [0.05, 0.1) is 13.4 Å². The van der Waals surface area contributed by atoms with Gasteiger partial charge in [-0.1, -0.05) is 12.2 Å². The summed E-state index contributed by atoms with van der Waals surface area (Å²) >= 11 is 0. The van der Waals surface area contributed by atoms with E-state index >= 15 is 0 Å². The fourth-order valence-electron chi connectivity index (χ4n) is 1.18. The lowest BCUT2D eigenvalue weighted by molar-refractivity contribution is -0.116. The van der Waals surface area contributed by atoms with Crippen LogP contribution in [0.1, 0.15) is 6.92 Å². The monoisotopic (exact) mass is 179 g/mol. The summed E-state index contributed by atoms with van der Waals surface area (Å²) in [6, 6.07) is 0. The first-order valence-corrected chi connectivity index (χ1v) is 4.13. The lowest BCUT2D eigenvalue weighted by Crippen LogP contribution is -2.16.